The number of hydrogen-bond donors (Lipinski definition) is 0. The summed E-state index contributed by atoms with van der Waals surface area (Å²) in [6.07, 6.45) is 3.43. The van der Waals surface area contributed by atoms with Crippen molar-refractivity contribution >= 4 is 5.52 Å². The predicted octanol–water partition coefficient (Wildman–Crippen LogP) is 0.729. The van der Waals surface area contributed by atoms with Gasteiger partial charge in [-0.05, 0) is 18.2 Å². The van der Waals surface area contributed by atoms with Crippen molar-refractivity contribution in [2.45, 2.75) is 0 Å². The van der Waals surface area contributed by atoms with E-state index in [4.69, 9.17) is 0 Å². The van der Waals surface area contributed by atoms with Crippen LogP contribution in [0, 0.1) is 0 Å². The van der Waals surface area contributed by atoms with Gasteiger partial charge in [-0.1, -0.05) is 0 Å². The summed E-state index contributed by atoms with van der Waals surface area (Å²) in [6, 6.07) is 5.75. The SMILES string of the molecule is c1cnn2nccc2c1. The van der Waals surface area contributed by atoms with E-state index in [0.29, 0.717) is 0 Å². The van der Waals surface area contributed by atoms with E-state index >= 15 is 0 Å². The van der Waals surface area contributed by atoms with Crippen molar-refractivity contribution in [2.24, 2.45) is 0 Å². The molecule has 2 rings (SSSR count). The Hall–Kier alpha value is -1.38. The minimum atomic E-state index is 1.03. The third-order valence-corrected chi connectivity index (χ3v) is 1.18. The molecule has 0 aliphatic heterocycles. The van der Waals surface area contributed by atoms with Gasteiger partial charge in [-0.15, -0.1) is 0 Å². The quantitative estimate of drug-likeness (QED) is 0.511. The number of nitrogens with zero attached hydrogens (tertiary/aromatic N) is 3. The van der Waals surface area contributed by atoms with Gasteiger partial charge in [0.15, 0.2) is 0 Å². The van der Waals surface area contributed by atoms with Gasteiger partial charge in [-0.25, -0.2) is 0 Å². The highest BCUT2D eigenvalue weighted by atomic mass is 15.4. The molecule has 0 atom stereocenters. The molecule has 0 unspecified atom stereocenters. The molecule has 0 amide bonds. The highest BCUT2D eigenvalue weighted by Crippen LogP contribution is 1.95. The van der Waals surface area contributed by atoms with Crippen molar-refractivity contribution in [3.05, 3.63) is 30.6 Å². The summed E-state index contributed by atoms with van der Waals surface area (Å²) >= 11 is 0. The van der Waals surface area contributed by atoms with E-state index in [-0.39, 0.29) is 0 Å². The topological polar surface area (TPSA) is 30.2 Å². The monoisotopic (exact) mass is 119 g/mol. The maximum Gasteiger partial charge on any atom is 0.0873 e. The lowest BCUT2D eigenvalue weighted by Crippen LogP contribution is -1.89. The fourth-order valence-corrected chi connectivity index (χ4v) is 0.768. The molecular formula is C6H5N3. The number of fused-ring (bicyclic) bond motifs is 1. The van der Waals surface area contributed by atoms with Gasteiger partial charge in [0.25, 0.3) is 0 Å². The smallest absolute Gasteiger partial charge is 0.0873 e. The molecule has 0 saturated heterocycles. The van der Waals surface area contributed by atoms with Crippen LogP contribution in [0.4, 0.5) is 0 Å². The molecule has 0 saturated carbocycles. The van der Waals surface area contributed by atoms with Crippen LogP contribution in [0.25, 0.3) is 5.52 Å². The summed E-state index contributed by atoms with van der Waals surface area (Å²) in [5.74, 6) is 0. The third kappa shape index (κ3) is 0.579. The van der Waals surface area contributed by atoms with E-state index in [1.165, 1.54) is 0 Å². The Balaban J connectivity index is 2.95. The first-order valence-electron chi connectivity index (χ1n) is 2.72. The molecule has 0 N–H and O–H groups in total. The third-order valence-electron chi connectivity index (χ3n) is 1.18. The van der Waals surface area contributed by atoms with Crippen LogP contribution in [-0.4, -0.2) is 14.8 Å². The van der Waals surface area contributed by atoms with Crippen molar-refractivity contribution in [2.75, 3.05) is 0 Å². The van der Waals surface area contributed by atoms with E-state index in [2.05, 4.69) is 10.2 Å². The van der Waals surface area contributed by atoms with Crippen LogP contribution >= 0.6 is 0 Å². The largest absolute Gasteiger partial charge is 0.159 e. The second-order valence-electron chi connectivity index (χ2n) is 1.77. The summed E-state index contributed by atoms with van der Waals surface area (Å²) in [5, 5.41) is 7.87. The van der Waals surface area contributed by atoms with Crippen LogP contribution in [0.3, 0.4) is 0 Å². The molecular weight excluding hydrogens is 114 g/mol. The second-order valence-corrected chi connectivity index (χ2v) is 1.77. The zero-order valence-corrected chi connectivity index (χ0v) is 4.73. The van der Waals surface area contributed by atoms with Crippen LogP contribution < -0.4 is 0 Å². The zero-order valence-electron chi connectivity index (χ0n) is 4.73. The Kier molecular flexibility index (Phi) is 0.773. The first kappa shape index (κ1) is 4.49. The van der Waals surface area contributed by atoms with Crippen LogP contribution in [0.15, 0.2) is 30.6 Å². The molecule has 0 aliphatic carbocycles. The van der Waals surface area contributed by atoms with E-state index in [1.807, 2.05) is 18.2 Å². The lowest BCUT2D eigenvalue weighted by Gasteiger charge is -1.85. The first-order valence-corrected chi connectivity index (χ1v) is 2.72. The van der Waals surface area contributed by atoms with Crippen molar-refractivity contribution in [1.29, 1.82) is 0 Å². The molecule has 0 bridgehead atoms. The average Bonchev–Trinajstić information content (AvgIpc) is 2.33. The van der Waals surface area contributed by atoms with Crippen LogP contribution in [0.2, 0.25) is 0 Å². The fourth-order valence-electron chi connectivity index (χ4n) is 0.768. The Bertz CT molecular complexity index is 282. The molecule has 2 aromatic rings. The molecule has 2 aromatic heterocycles. The lowest BCUT2D eigenvalue weighted by molar-refractivity contribution is 0.800. The molecule has 0 aliphatic rings. The highest BCUT2D eigenvalue weighted by molar-refractivity contribution is 5.42. The molecule has 9 heavy (non-hydrogen) atoms. The summed E-state index contributed by atoms with van der Waals surface area (Å²) in [4.78, 5) is 0. The summed E-state index contributed by atoms with van der Waals surface area (Å²) in [7, 11) is 0. The predicted molar refractivity (Wildman–Crippen MR) is 33.0 cm³/mol. The Morgan fingerprint density at radius 1 is 1.11 bits per heavy atom. The molecule has 0 fully saturated rings. The molecule has 3 heteroatoms. The summed E-state index contributed by atoms with van der Waals surface area (Å²) in [6.45, 7) is 0. The molecule has 0 radical (unpaired) electrons. The molecule has 44 valence electrons. The van der Waals surface area contributed by atoms with Crippen molar-refractivity contribution in [3.8, 4) is 0 Å². The molecule has 0 aromatic carbocycles. The lowest BCUT2D eigenvalue weighted by atomic mass is 10.5. The second kappa shape index (κ2) is 1.55. The van der Waals surface area contributed by atoms with Crippen molar-refractivity contribution < 1.29 is 0 Å². The highest BCUT2D eigenvalue weighted by Gasteiger charge is 1.86. The fraction of sp³-hybridized carbons (Fsp3) is 0. The van der Waals surface area contributed by atoms with Crippen molar-refractivity contribution in [3.63, 3.8) is 0 Å². The number of rotatable bonds is 0. The van der Waals surface area contributed by atoms with Crippen LogP contribution in [-0.2, 0) is 0 Å². The van der Waals surface area contributed by atoms with Gasteiger partial charge in [-0.3, -0.25) is 0 Å². The van der Waals surface area contributed by atoms with Crippen LogP contribution in [0.5, 0.6) is 0 Å². The van der Waals surface area contributed by atoms with Crippen LogP contribution in [0.1, 0.15) is 0 Å². The standard InChI is InChI=1S/C6H5N3/c1-2-6-3-5-8-9(6)7-4-1/h1-5H. The van der Waals surface area contributed by atoms with Gasteiger partial charge in [0.2, 0.25) is 0 Å². The molecule has 2 heterocycles. The first-order chi connectivity index (χ1) is 4.47. The average molecular weight is 119 g/mol. The van der Waals surface area contributed by atoms with Gasteiger partial charge < -0.3 is 0 Å². The minimum absolute atomic E-state index is 1.03. The van der Waals surface area contributed by atoms with E-state index in [0.717, 1.165) is 5.52 Å². The van der Waals surface area contributed by atoms with Gasteiger partial charge >= 0.3 is 0 Å². The molecule has 3 nitrogen and oxygen atoms in total. The van der Waals surface area contributed by atoms with E-state index in [1.54, 1.807) is 17.0 Å². The van der Waals surface area contributed by atoms with Gasteiger partial charge in [0, 0.05) is 6.20 Å². The normalized spacial score (nSPS) is 10.2. The zero-order chi connectivity index (χ0) is 6.10. The maximum absolute atomic E-state index is 3.95. The Morgan fingerprint density at radius 2 is 2.00 bits per heavy atom. The summed E-state index contributed by atoms with van der Waals surface area (Å²) in [5.41, 5.74) is 1.03. The minimum Gasteiger partial charge on any atom is -0.159 e. The van der Waals surface area contributed by atoms with Gasteiger partial charge in [0.05, 0.1) is 11.7 Å². The Morgan fingerprint density at radius 3 is 2.89 bits per heavy atom. The maximum atomic E-state index is 3.95. The van der Waals surface area contributed by atoms with E-state index in [9.17, 15) is 0 Å². The summed E-state index contributed by atoms with van der Waals surface area (Å²) < 4.78 is 1.58. The van der Waals surface area contributed by atoms with E-state index < -0.39 is 0 Å². The number of aromatic nitrogens is 3. The van der Waals surface area contributed by atoms with Gasteiger partial charge in [-0.2, -0.15) is 14.8 Å². The number of hydrogen-bond acceptors (Lipinski definition) is 2. The van der Waals surface area contributed by atoms with Gasteiger partial charge in [0.1, 0.15) is 0 Å². The molecule has 0 spiro atoms. The van der Waals surface area contributed by atoms with Crippen molar-refractivity contribution in [1.82, 2.24) is 14.8 Å². The Labute approximate surface area is 51.9 Å².